The molecule has 0 bridgehead atoms. The van der Waals surface area contributed by atoms with Crippen LogP contribution >= 0.6 is 0 Å². The minimum Gasteiger partial charge on any atom is -0.367 e. The predicted molar refractivity (Wildman–Crippen MR) is 56.0 cm³/mol. The van der Waals surface area contributed by atoms with E-state index in [9.17, 15) is 9.59 Å². The number of amides is 2. The van der Waals surface area contributed by atoms with Crippen LogP contribution in [-0.4, -0.2) is 35.3 Å². The number of hydrogen-bond donors (Lipinski definition) is 2. The summed E-state index contributed by atoms with van der Waals surface area (Å²) in [7, 11) is 1.60. The van der Waals surface area contributed by atoms with Gasteiger partial charge < -0.3 is 15.2 Å². The average molecular weight is 209 g/mol. The third kappa shape index (κ3) is 3.84. The highest BCUT2D eigenvalue weighted by molar-refractivity contribution is 5.83. The smallest absolute Gasteiger partial charge is 0.239 e. The topological polar surface area (TPSA) is 65.2 Å². The van der Waals surface area contributed by atoms with E-state index in [1.807, 2.05) is 12.3 Å². The van der Waals surface area contributed by atoms with Crippen molar-refractivity contribution in [2.24, 2.45) is 0 Å². The minimum atomic E-state index is -0.158. The molecule has 0 radical (unpaired) electrons. The Balaban J connectivity index is 2.28. The number of rotatable bonds is 4. The van der Waals surface area contributed by atoms with Crippen molar-refractivity contribution in [2.45, 2.75) is 13.5 Å². The highest BCUT2D eigenvalue weighted by atomic mass is 16.2. The molecule has 0 fully saturated rings. The predicted octanol–water partition coefficient (Wildman–Crippen LogP) is 0.109. The monoisotopic (exact) mass is 209 g/mol. The fraction of sp³-hybridized carbons (Fsp3) is 0.400. The van der Waals surface area contributed by atoms with Gasteiger partial charge in [-0.3, -0.25) is 9.59 Å². The molecule has 82 valence electrons. The van der Waals surface area contributed by atoms with E-state index in [1.54, 1.807) is 13.2 Å². The Labute approximate surface area is 88.5 Å². The van der Waals surface area contributed by atoms with Crippen molar-refractivity contribution in [3.63, 3.8) is 0 Å². The van der Waals surface area contributed by atoms with Crippen LogP contribution < -0.4 is 5.32 Å². The van der Waals surface area contributed by atoms with Gasteiger partial charge in [0.1, 0.15) is 0 Å². The number of carbonyl (C=O) groups excluding carboxylic acids is 2. The van der Waals surface area contributed by atoms with Crippen molar-refractivity contribution in [3.8, 4) is 0 Å². The lowest BCUT2D eigenvalue weighted by molar-refractivity contribution is -0.133. The fourth-order valence-electron chi connectivity index (χ4n) is 1.05. The number of hydrogen-bond acceptors (Lipinski definition) is 2. The van der Waals surface area contributed by atoms with E-state index in [0.29, 0.717) is 6.54 Å². The molecule has 0 saturated heterocycles. The summed E-state index contributed by atoms with van der Waals surface area (Å²) >= 11 is 0. The van der Waals surface area contributed by atoms with Gasteiger partial charge in [-0.25, -0.2) is 0 Å². The number of aromatic amines is 1. The van der Waals surface area contributed by atoms with Crippen molar-refractivity contribution in [1.82, 2.24) is 15.2 Å². The van der Waals surface area contributed by atoms with E-state index in [0.717, 1.165) is 5.56 Å². The second-order valence-electron chi connectivity index (χ2n) is 3.37. The number of H-pyrrole nitrogens is 1. The fourth-order valence-corrected chi connectivity index (χ4v) is 1.05. The van der Waals surface area contributed by atoms with Crippen LogP contribution in [0.25, 0.3) is 0 Å². The number of aromatic nitrogens is 1. The summed E-state index contributed by atoms with van der Waals surface area (Å²) in [5.74, 6) is -0.277. The molecular formula is C10H15N3O2. The van der Waals surface area contributed by atoms with Crippen molar-refractivity contribution in [2.75, 3.05) is 13.6 Å². The van der Waals surface area contributed by atoms with Gasteiger partial charge in [-0.2, -0.15) is 0 Å². The summed E-state index contributed by atoms with van der Waals surface area (Å²) in [6.07, 6.45) is 3.61. The van der Waals surface area contributed by atoms with E-state index in [-0.39, 0.29) is 18.4 Å². The van der Waals surface area contributed by atoms with E-state index < -0.39 is 0 Å². The molecule has 0 aliphatic heterocycles. The molecule has 1 heterocycles. The first kappa shape index (κ1) is 11.3. The number of likely N-dealkylation sites (N-methyl/N-ethyl adjacent to an activating group) is 1. The molecule has 5 heteroatoms. The van der Waals surface area contributed by atoms with Gasteiger partial charge in [-0.15, -0.1) is 0 Å². The number of nitrogens with zero attached hydrogens (tertiary/aromatic N) is 1. The van der Waals surface area contributed by atoms with Gasteiger partial charge in [0.2, 0.25) is 11.8 Å². The maximum absolute atomic E-state index is 11.3. The molecule has 0 aromatic carbocycles. The van der Waals surface area contributed by atoms with Crippen molar-refractivity contribution in [3.05, 3.63) is 24.0 Å². The Kier molecular flexibility index (Phi) is 3.91. The van der Waals surface area contributed by atoms with Gasteiger partial charge in [0.15, 0.2) is 0 Å². The Morgan fingerprint density at radius 2 is 2.27 bits per heavy atom. The third-order valence-electron chi connectivity index (χ3n) is 2.07. The van der Waals surface area contributed by atoms with Crippen LogP contribution in [0.3, 0.4) is 0 Å². The quantitative estimate of drug-likeness (QED) is 0.739. The van der Waals surface area contributed by atoms with Crippen LogP contribution in [0.1, 0.15) is 12.5 Å². The lowest BCUT2D eigenvalue weighted by atomic mass is 10.3. The van der Waals surface area contributed by atoms with E-state index >= 15 is 0 Å². The molecule has 0 unspecified atom stereocenters. The zero-order valence-electron chi connectivity index (χ0n) is 8.91. The van der Waals surface area contributed by atoms with Gasteiger partial charge >= 0.3 is 0 Å². The minimum absolute atomic E-state index is 0.0970. The van der Waals surface area contributed by atoms with Crippen LogP contribution in [0.4, 0.5) is 0 Å². The SMILES string of the molecule is CC(=O)N(C)CC(=O)NCc1cc[nH]c1. The highest BCUT2D eigenvalue weighted by Crippen LogP contribution is 1.94. The molecular weight excluding hydrogens is 194 g/mol. The standard InChI is InChI=1S/C10H15N3O2/c1-8(14)13(2)7-10(15)12-6-9-3-4-11-5-9/h3-5,11H,6-7H2,1-2H3,(H,12,15). The van der Waals surface area contributed by atoms with E-state index in [2.05, 4.69) is 10.3 Å². The summed E-state index contributed by atoms with van der Waals surface area (Å²) in [6.45, 7) is 2.01. The van der Waals surface area contributed by atoms with Crippen molar-refractivity contribution in [1.29, 1.82) is 0 Å². The van der Waals surface area contributed by atoms with Gasteiger partial charge in [0.25, 0.3) is 0 Å². The molecule has 1 aromatic rings. The summed E-state index contributed by atoms with van der Waals surface area (Å²) in [4.78, 5) is 26.5. The molecule has 15 heavy (non-hydrogen) atoms. The molecule has 2 amide bonds. The van der Waals surface area contributed by atoms with Crippen LogP contribution in [0, 0.1) is 0 Å². The third-order valence-corrected chi connectivity index (χ3v) is 2.07. The summed E-state index contributed by atoms with van der Waals surface area (Å²) in [5, 5.41) is 2.72. The first-order chi connectivity index (χ1) is 7.09. The van der Waals surface area contributed by atoms with Crippen molar-refractivity contribution < 1.29 is 9.59 Å². The first-order valence-electron chi connectivity index (χ1n) is 4.69. The lowest BCUT2D eigenvalue weighted by Crippen LogP contribution is -2.36. The number of carbonyl (C=O) groups is 2. The zero-order chi connectivity index (χ0) is 11.3. The maximum Gasteiger partial charge on any atom is 0.239 e. The van der Waals surface area contributed by atoms with Gasteiger partial charge in [0, 0.05) is 32.9 Å². The molecule has 2 N–H and O–H groups in total. The van der Waals surface area contributed by atoms with E-state index in [1.165, 1.54) is 11.8 Å². The second-order valence-corrected chi connectivity index (χ2v) is 3.37. The first-order valence-corrected chi connectivity index (χ1v) is 4.69. The molecule has 0 aliphatic carbocycles. The van der Waals surface area contributed by atoms with Gasteiger partial charge in [0.05, 0.1) is 6.54 Å². The molecule has 0 atom stereocenters. The zero-order valence-corrected chi connectivity index (χ0v) is 8.91. The summed E-state index contributed by atoms with van der Waals surface area (Å²) < 4.78 is 0. The lowest BCUT2D eigenvalue weighted by Gasteiger charge is -2.13. The molecule has 5 nitrogen and oxygen atoms in total. The van der Waals surface area contributed by atoms with Crippen LogP contribution in [-0.2, 0) is 16.1 Å². The van der Waals surface area contributed by atoms with Gasteiger partial charge in [-0.1, -0.05) is 0 Å². The number of nitrogens with one attached hydrogen (secondary N) is 2. The van der Waals surface area contributed by atoms with E-state index in [4.69, 9.17) is 0 Å². The van der Waals surface area contributed by atoms with Gasteiger partial charge in [-0.05, 0) is 11.6 Å². The second kappa shape index (κ2) is 5.19. The molecule has 1 aromatic heterocycles. The van der Waals surface area contributed by atoms with Crippen LogP contribution in [0.15, 0.2) is 18.5 Å². The Hall–Kier alpha value is -1.78. The maximum atomic E-state index is 11.3. The Morgan fingerprint density at radius 1 is 1.53 bits per heavy atom. The summed E-state index contributed by atoms with van der Waals surface area (Å²) in [5.41, 5.74) is 1.01. The highest BCUT2D eigenvalue weighted by Gasteiger charge is 2.07. The largest absolute Gasteiger partial charge is 0.367 e. The summed E-state index contributed by atoms with van der Waals surface area (Å²) in [6, 6.07) is 1.88. The normalized spacial score (nSPS) is 9.73. The Morgan fingerprint density at radius 3 is 2.80 bits per heavy atom. The molecule has 0 aliphatic rings. The van der Waals surface area contributed by atoms with Crippen molar-refractivity contribution >= 4 is 11.8 Å². The average Bonchev–Trinajstić information content (AvgIpc) is 2.66. The van der Waals surface area contributed by atoms with Crippen LogP contribution in [0.2, 0.25) is 0 Å². The molecule has 0 spiro atoms. The molecule has 1 rings (SSSR count). The Bertz CT molecular complexity index is 332. The molecule has 0 saturated carbocycles. The van der Waals surface area contributed by atoms with Crippen LogP contribution in [0.5, 0.6) is 0 Å².